The first kappa shape index (κ1) is 24.7. The number of carbonyl (C=O) groups is 4. The number of fused-ring (bicyclic) bond motifs is 4. The maximum absolute atomic E-state index is 13.7. The number of nitrogens with zero attached hydrogens (tertiary/aromatic N) is 2. The lowest BCUT2D eigenvalue weighted by Gasteiger charge is -2.50. The number of para-hydroxylation sites is 1. The van der Waals surface area contributed by atoms with Crippen LogP contribution in [0.15, 0.2) is 35.9 Å². The van der Waals surface area contributed by atoms with E-state index >= 15 is 0 Å². The summed E-state index contributed by atoms with van der Waals surface area (Å²) in [6, 6.07) is 6.78. The van der Waals surface area contributed by atoms with Crippen molar-refractivity contribution in [2.75, 3.05) is 18.7 Å². The summed E-state index contributed by atoms with van der Waals surface area (Å²) in [6.45, 7) is -0.275. The lowest BCUT2D eigenvalue weighted by molar-refractivity contribution is -0.173. The van der Waals surface area contributed by atoms with Crippen LogP contribution in [0.4, 0.5) is 0 Å². The van der Waals surface area contributed by atoms with Gasteiger partial charge in [0, 0.05) is 11.5 Å². The molecule has 2 aliphatic carbocycles. The average Bonchev–Trinajstić information content (AvgIpc) is 3.16. The molecule has 0 bridgehead atoms. The molecule has 2 heterocycles. The summed E-state index contributed by atoms with van der Waals surface area (Å²) in [4.78, 5) is 49.7. The van der Waals surface area contributed by atoms with Crippen LogP contribution in [0.3, 0.4) is 0 Å². The number of aliphatic hydroxyl groups is 1. The highest BCUT2D eigenvalue weighted by atomic mass is 79.9. The highest BCUT2D eigenvalue weighted by Gasteiger charge is 2.76. The van der Waals surface area contributed by atoms with E-state index < -0.39 is 57.0 Å². The summed E-state index contributed by atoms with van der Waals surface area (Å²) in [6.07, 6.45) is 1.75. The normalized spacial score (nSPS) is 36.2. The zero-order valence-corrected chi connectivity index (χ0v) is 21.3. The van der Waals surface area contributed by atoms with Gasteiger partial charge in [0.25, 0.3) is 23.6 Å². The van der Waals surface area contributed by atoms with Crippen LogP contribution in [0.5, 0.6) is 5.75 Å². The fourth-order valence-corrected chi connectivity index (χ4v) is 7.51. The lowest BCUT2D eigenvalue weighted by atomic mass is 9.56. The monoisotopic (exact) mass is 586 g/mol. The molecule has 6 atom stereocenters. The molecule has 1 aromatic carbocycles. The predicted octanol–water partition coefficient (Wildman–Crippen LogP) is 2.16. The van der Waals surface area contributed by atoms with E-state index in [1.54, 1.807) is 30.3 Å². The third-order valence-corrected chi connectivity index (χ3v) is 9.49. The van der Waals surface area contributed by atoms with E-state index in [9.17, 15) is 29.5 Å². The Morgan fingerprint density at radius 2 is 1.80 bits per heavy atom. The second kappa shape index (κ2) is 8.55. The van der Waals surface area contributed by atoms with Gasteiger partial charge < -0.3 is 9.84 Å². The number of hydroxylamine groups is 2. The molecule has 2 saturated heterocycles. The number of rotatable bonds is 5. The van der Waals surface area contributed by atoms with Gasteiger partial charge in [0.05, 0.1) is 23.9 Å². The van der Waals surface area contributed by atoms with Gasteiger partial charge in [-0.2, -0.15) is 5.06 Å². The number of hydrogen-bond donors (Lipinski definition) is 2. The first-order chi connectivity index (χ1) is 16.6. The second-order valence-corrected chi connectivity index (χ2v) is 10.8. The average molecular weight is 588 g/mol. The van der Waals surface area contributed by atoms with Gasteiger partial charge in [0.2, 0.25) is 0 Å². The topological polar surface area (TPSA) is 124 Å². The van der Waals surface area contributed by atoms with Crippen LogP contribution in [0.1, 0.15) is 24.3 Å². The van der Waals surface area contributed by atoms with Crippen LogP contribution in [-0.2, 0) is 19.2 Å². The fraction of sp³-hybridized carbons (Fsp3) is 0.478. The second-order valence-electron chi connectivity index (χ2n) is 9.08. The minimum Gasteiger partial charge on any atom is -0.491 e. The number of carbonyl (C=O) groups excluding carboxylic acids is 4. The molecule has 4 amide bonds. The Labute approximate surface area is 218 Å². The van der Waals surface area contributed by atoms with E-state index in [1.165, 1.54) is 0 Å². The molecule has 1 saturated carbocycles. The zero-order valence-electron chi connectivity index (χ0n) is 18.2. The van der Waals surface area contributed by atoms with E-state index in [4.69, 9.17) is 27.9 Å². The van der Waals surface area contributed by atoms with E-state index in [0.29, 0.717) is 16.9 Å². The molecule has 186 valence electrons. The smallest absolute Gasteiger partial charge is 0.257 e. The number of ether oxygens (including phenoxy) is 1. The molecular formula is C23H21BrCl2N2O7. The summed E-state index contributed by atoms with van der Waals surface area (Å²) < 4.78 is 5.74. The molecule has 3 fully saturated rings. The molecule has 9 nitrogen and oxygen atoms in total. The van der Waals surface area contributed by atoms with Gasteiger partial charge in [0.15, 0.2) is 9.75 Å². The van der Waals surface area contributed by atoms with Crippen molar-refractivity contribution < 1.29 is 34.2 Å². The molecular weight excluding hydrogens is 567 g/mol. The predicted molar refractivity (Wildman–Crippen MR) is 126 cm³/mol. The van der Waals surface area contributed by atoms with Gasteiger partial charge in [-0.3, -0.25) is 29.3 Å². The Morgan fingerprint density at radius 1 is 1.09 bits per heavy atom. The van der Waals surface area contributed by atoms with Gasteiger partial charge in [-0.15, -0.1) is 23.2 Å². The van der Waals surface area contributed by atoms with Crippen molar-refractivity contribution in [2.24, 2.45) is 17.8 Å². The van der Waals surface area contributed by atoms with E-state index in [1.807, 2.05) is 0 Å². The van der Waals surface area contributed by atoms with Gasteiger partial charge in [-0.1, -0.05) is 45.8 Å². The van der Waals surface area contributed by atoms with Crippen LogP contribution >= 0.6 is 39.1 Å². The van der Waals surface area contributed by atoms with Crippen LogP contribution in [-0.4, -0.2) is 72.3 Å². The zero-order chi connectivity index (χ0) is 25.3. The number of allylic oxidation sites excluding steroid dienone is 2. The molecule has 0 aromatic heterocycles. The minimum absolute atomic E-state index is 0.0227. The third-order valence-electron chi connectivity index (χ3n) is 7.57. The maximum Gasteiger partial charge on any atom is 0.257 e. The summed E-state index contributed by atoms with van der Waals surface area (Å²) in [5, 5.41) is 19.5. The van der Waals surface area contributed by atoms with Crippen molar-refractivity contribution in [1.82, 2.24) is 9.96 Å². The number of benzene rings is 1. The van der Waals surface area contributed by atoms with Crippen molar-refractivity contribution in [1.29, 1.82) is 0 Å². The number of amides is 4. The Hall–Kier alpha value is -1.98. The van der Waals surface area contributed by atoms with Crippen molar-refractivity contribution >= 4 is 62.8 Å². The fourth-order valence-electron chi connectivity index (χ4n) is 6.09. The Kier molecular flexibility index (Phi) is 6.04. The molecule has 2 aliphatic heterocycles. The number of aliphatic hydroxyl groups excluding tert-OH is 1. The van der Waals surface area contributed by atoms with Crippen LogP contribution in [0.25, 0.3) is 0 Å². The van der Waals surface area contributed by atoms with Crippen molar-refractivity contribution in [2.45, 2.75) is 28.5 Å². The van der Waals surface area contributed by atoms with Crippen LogP contribution in [0, 0.1) is 17.8 Å². The highest BCUT2D eigenvalue weighted by Crippen LogP contribution is 2.66. The van der Waals surface area contributed by atoms with Gasteiger partial charge >= 0.3 is 0 Å². The lowest BCUT2D eigenvalue weighted by Crippen LogP contribution is -2.60. The van der Waals surface area contributed by atoms with E-state index in [2.05, 4.69) is 15.9 Å². The first-order valence-corrected chi connectivity index (χ1v) is 12.9. The maximum atomic E-state index is 13.7. The van der Waals surface area contributed by atoms with E-state index in [-0.39, 0.29) is 36.6 Å². The number of imide groups is 2. The van der Waals surface area contributed by atoms with E-state index in [0.717, 1.165) is 4.90 Å². The molecule has 0 spiro atoms. The standard InChI is InChI=1S/C23H21BrCl2N2O7/c24-10-27-20(32)22(25)9-14-11(5-6-13-16(14)19(31)28(34)18(13)30)17(23(22,26)21(27)33)12-3-1-2-4-15(12)35-8-7-29/h1-5,13-14,16-17,29,34H,6-10H2. The molecule has 6 unspecified atom stereocenters. The van der Waals surface area contributed by atoms with Crippen molar-refractivity contribution in [3.63, 3.8) is 0 Å². The van der Waals surface area contributed by atoms with Crippen molar-refractivity contribution in [3.8, 4) is 5.75 Å². The molecule has 2 N–H and O–H groups in total. The Balaban J connectivity index is 1.75. The third kappa shape index (κ3) is 3.13. The molecule has 4 aliphatic rings. The number of likely N-dealkylation sites (tertiary alicyclic amines) is 1. The SMILES string of the molecule is O=C1C2CC=C3C(CC4(Cl)C(=O)N(CBr)C(=O)C4(Cl)C3c3ccccc3OCCO)C2C(=O)N1O. The Morgan fingerprint density at radius 3 is 2.49 bits per heavy atom. The van der Waals surface area contributed by atoms with Crippen LogP contribution < -0.4 is 4.74 Å². The highest BCUT2D eigenvalue weighted by molar-refractivity contribution is 9.09. The van der Waals surface area contributed by atoms with Crippen LogP contribution in [0.2, 0.25) is 0 Å². The summed E-state index contributed by atoms with van der Waals surface area (Å²) in [7, 11) is 0. The quantitative estimate of drug-likeness (QED) is 0.178. The number of hydrogen-bond acceptors (Lipinski definition) is 7. The minimum atomic E-state index is -1.95. The first-order valence-electron chi connectivity index (χ1n) is 11.0. The molecule has 35 heavy (non-hydrogen) atoms. The van der Waals surface area contributed by atoms with Crippen molar-refractivity contribution in [3.05, 3.63) is 41.5 Å². The molecule has 12 heteroatoms. The molecule has 5 rings (SSSR count). The number of alkyl halides is 3. The summed E-state index contributed by atoms with van der Waals surface area (Å²) >= 11 is 17.4. The summed E-state index contributed by atoms with van der Waals surface area (Å²) in [5.41, 5.74) is 0.929. The summed E-state index contributed by atoms with van der Waals surface area (Å²) in [5.74, 6) is -5.97. The molecule has 1 aromatic rings. The molecule has 0 radical (unpaired) electrons. The largest absolute Gasteiger partial charge is 0.491 e. The van der Waals surface area contributed by atoms with Gasteiger partial charge in [0.1, 0.15) is 12.4 Å². The van der Waals surface area contributed by atoms with Gasteiger partial charge in [-0.05, 0) is 24.8 Å². The van der Waals surface area contributed by atoms with Gasteiger partial charge in [-0.25, -0.2) is 0 Å². The Bertz CT molecular complexity index is 1180. The number of halogens is 3.